The van der Waals surface area contributed by atoms with Crippen LogP contribution in [0.15, 0.2) is 24.3 Å². The number of nitrogens with one attached hydrogen (secondary N) is 2. The third-order valence-corrected chi connectivity index (χ3v) is 2.62. The molecule has 0 spiro atoms. The molecule has 0 atom stereocenters. The van der Waals surface area contributed by atoms with Gasteiger partial charge in [0.2, 0.25) is 5.91 Å². The molecular formula is C15H22N2O2. The zero-order valence-electron chi connectivity index (χ0n) is 12.0. The molecule has 0 radical (unpaired) electrons. The van der Waals surface area contributed by atoms with Crippen LogP contribution in [0.2, 0.25) is 0 Å². The average Bonchev–Trinajstić information content (AvgIpc) is 2.34. The molecule has 2 N–H and O–H groups in total. The van der Waals surface area contributed by atoms with Crippen molar-refractivity contribution in [3.05, 3.63) is 35.4 Å². The fourth-order valence-electron chi connectivity index (χ4n) is 1.66. The topological polar surface area (TPSA) is 58.2 Å². The van der Waals surface area contributed by atoms with Gasteiger partial charge in [-0.25, -0.2) is 0 Å². The van der Waals surface area contributed by atoms with E-state index in [1.807, 2.05) is 32.9 Å². The second-order valence-electron chi connectivity index (χ2n) is 5.79. The molecular weight excluding hydrogens is 240 g/mol. The maximum atomic E-state index is 11.7. The van der Waals surface area contributed by atoms with Crippen molar-refractivity contribution in [2.75, 3.05) is 7.05 Å². The highest BCUT2D eigenvalue weighted by molar-refractivity contribution is 5.93. The van der Waals surface area contributed by atoms with E-state index in [0.29, 0.717) is 18.5 Å². The Balaban J connectivity index is 2.50. The Labute approximate surface area is 114 Å². The fraction of sp³-hybridized carbons (Fsp3) is 0.467. The van der Waals surface area contributed by atoms with Gasteiger partial charge in [-0.15, -0.1) is 0 Å². The standard InChI is InChI=1S/C15H22N2O2/c1-15(2,3)9-13(18)17-10-11-5-7-12(8-6-11)14(19)16-4/h5-8H,9-10H2,1-4H3,(H,16,19)(H,17,18). The van der Waals surface area contributed by atoms with Gasteiger partial charge in [0.05, 0.1) is 0 Å². The van der Waals surface area contributed by atoms with Crippen molar-refractivity contribution >= 4 is 11.8 Å². The fourth-order valence-corrected chi connectivity index (χ4v) is 1.66. The van der Waals surface area contributed by atoms with Crippen LogP contribution in [0.5, 0.6) is 0 Å². The predicted octanol–water partition coefficient (Wildman–Crippen LogP) is 2.10. The normalized spacial score (nSPS) is 10.9. The van der Waals surface area contributed by atoms with Gasteiger partial charge in [0.1, 0.15) is 0 Å². The molecule has 0 unspecified atom stereocenters. The first-order chi connectivity index (χ1) is 8.81. The number of carbonyl (C=O) groups excluding carboxylic acids is 2. The van der Waals surface area contributed by atoms with E-state index >= 15 is 0 Å². The van der Waals surface area contributed by atoms with E-state index < -0.39 is 0 Å². The van der Waals surface area contributed by atoms with Crippen molar-refractivity contribution in [2.24, 2.45) is 5.41 Å². The first-order valence-corrected chi connectivity index (χ1v) is 6.39. The summed E-state index contributed by atoms with van der Waals surface area (Å²) in [5.41, 5.74) is 1.59. The SMILES string of the molecule is CNC(=O)c1ccc(CNC(=O)CC(C)(C)C)cc1. The molecule has 19 heavy (non-hydrogen) atoms. The highest BCUT2D eigenvalue weighted by Gasteiger charge is 2.15. The summed E-state index contributed by atoms with van der Waals surface area (Å²) in [6.45, 7) is 6.59. The number of benzene rings is 1. The smallest absolute Gasteiger partial charge is 0.251 e. The lowest BCUT2D eigenvalue weighted by atomic mass is 9.92. The summed E-state index contributed by atoms with van der Waals surface area (Å²) in [4.78, 5) is 23.0. The summed E-state index contributed by atoms with van der Waals surface area (Å²) in [7, 11) is 1.60. The van der Waals surface area contributed by atoms with E-state index in [0.717, 1.165) is 5.56 Å². The quantitative estimate of drug-likeness (QED) is 0.873. The van der Waals surface area contributed by atoms with Crippen LogP contribution in [-0.4, -0.2) is 18.9 Å². The van der Waals surface area contributed by atoms with Crippen molar-refractivity contribution in [1.82, 2.24) is 10.6 Å². The molecule has 4 nitrogen and oxygen atoms in total. The number of hydrogen-bond acceptors (Lipinski definition) is 2. The summed E-state index contributed by atoms with van der Waals surface area (Å²) < 4.78 is 0. The van der Waals surface area contributed by atoms with Gasteiger partial charge in [-0.2, -0.15) is 0 Å². The lowest BCUT2D eigenvalue weighted by molar-refractivity contribution is -0.122. The molecule has 0 aromatic heterocycles. The highest BCUT2D eigenvalue weighted by Crippen LogP contribution is 2.17. The van der Waals surface area contributed by atoms with Crippen molar-refractivity contribution in [3.63, 3.8) is 0 Å². The summed E-state index contributed by atoms with van der Waals surface area (Å²) in [6, 6.07) is 7.21. The minimum Gasteiger partial charge on any atom is -0.355 e. The zero-order chi connectivity index (χ0) is 14.5. The maximum absolute atomic E-state index is 11.7. The minimum atomic E-state index is -0.108. The Morgan fingerprint density at radius 3 is 2.16 bits per heavy atom. The Bertz CT molecular complexity index is 444. The Kier molecular flexibility index (Phi) is 5.10. The van der Waals surface area contributed by atoms with Crippen LogP contribution in [0, 0.1) is 5.41 Å². The van der Waals surface area contributed by atoms with Gasteiger partial charge in [-0.3, -0.25) is 9.59 Å². The summed E-state index contributed by atoms with van der Waals surface area (Å²) >= 11 is 0. The molecule has 0 saturated heterocycles. The first-order valence-electron chi connectivity index (χ1n) is 6.39. The van der Waals surface area contributed by atoms with E-state index in [-0.39, 0.29) is 17.2 Å². The summed E-state index contributed by atoms with van der Waals surface area (Å²) in [5, 5.41) is 5.45. The van der Waals surface area contributed by atoms with Gasteiger partial charge >= 0.3 is 0 Å². The minimum absolute atomic E-state index is 0.00679. The second-order valence-corrected chi connectivity index (χ2v) is 5.79. The van der Waals surface area contributed by atoms with E-state index in [2.05, 4.69) is 10.6 Å². The molecule has 0 bridgehead atoms. The average molecular weight is 262 g/mol. The molecule has 2 amide bonds. The molecule has 0 saturated carbocycles. The van der Waals surface area contributed by atoms with E-state index in [4.69, 9.17) is 0 Å². The van der Waals surface area contributed by atoms with Gasteiger partial charge in [0, 0.05) is 25.6 Å². The van der Waals surface area contributed by atoms with Crippen molar-refractivity contribution in [3.8, 4) is 0 Å². The molecule has 1 aromatic carbocycles. The molecule has 1 rings (SSSR count). The summed E-state index contributed by atoms with van der Waals surface area (Å²) in [5.74, 6) is -0.0637. The largest absolute Gasteiger partial charge is 0.355 e. The van der Waals surface area contributed by atoms with Gasteiger partial charge in [0.25, 0.3) is 5.91 Å². The van der Waals surface area contributed by atoms with Gasteiger partial charge < -0.3 is 10.6 Å². The lowest BCUT2D eigenvalue weighted by Gasteiger charge is -2.17. The molecule has 1 aromatic rings. The van der Waals surface area contributed by atoms with Crippen molar-refractivity contribution in [1.29, 1.82) is 0 Å². The Morgan fingerprint density at radius 2 is 1.68 bits per heavy atom. The monoisotopic (exact) mass is 262 g/mol. The van der Waals surface area contributed by atoms with Crippen LogP contribution < -0.4 is 10.6 Å². The Hall–Kier alpha value is -1.84. The number of rotatable bonds is 4. The summed E-state index contributed by atoms with van der Waals surface area (Å²) in [6.07, 6.45) is 0.503. The zero-order valence-corrected chi connectivity index (χ0v) is 12.0. The molecule has 0 heterocycles. The predicted molar refractivity (Wildman–Crippen MR) is 75.8 cm³/mol. The van der Waals surface area contributed by atoms with E-state index in [1.54, 1.807) is 19.2 Å². The number of amides is 2. The van der Waals surface area contributed by atoms with Crippen LogP contribution in [0.4, 0.5) is 0 Å². The molecule has 0 aliphatic heterocycles. The molecule has 0 aliphatic carbocycles. The van der Waals surface area contributed by atoms with E-state index in [9.17, 15) is 9.59 Å². The van der Waals surface area contributed by atoms with Gasteiger partial charge in [-0.05, 0) is 23.1 Å². The van der Waals surface area contributed by atoms with Crippen molar-refractivity contribution in [2.45, 2.75) is 33.7 Å². The number of carbonyl (C=O) groups is 2. The third-order valence-electron chi connectivity index (χ3n) is 2.62. The van der Waals surface area contributed by atoms with Crippen LogP contribution in [0.3, 0.4) is 0 Å². The maximum Gasteiger partial charge on any atom is 0.251 e. The molecule has 4 heteroatoms. The van der Waals surface area contributed by atoms with Crippen molar-refractivity contribution < 1.29 is 9.59 Å². The molecule has 104 valence electrons. The number of hydrogen-bond donors (Lipinski definition) is 2. The second kappa shape index (κ2) is 6.36. The van der Waals surface area contributed by atoms with Crippen LogP contribution in [-0.2, 0) is 11.3 Å². The van der Waals surface area contributed by atoms with Gasteiger partial charge in [-0.1, -0.05) is 32.9 Å². The third kappa shape index (κ3) is 5.55. The first kappa shape index (κ1) is 15.2. The van der Waals surface area contributed by atoms with Crippen LogP contribution >= 0.6 is 0 Å². The molecule has 0 fully saturated rings. The van der Waals surface area contributed by atoms with Gasteiger partial charge in [0.15, 0.2) is 0 Å². The van der Waals surface area contributed by atoms with Crippen LogP contribution in [0.25, 0.3) is 0 Å². The lowest BCUT2D eigenvalue weighted by Crippen LogP contribution is -2.27. The Morgan fingerprint density at radius 1 is 1.11 bits per heavy atom. The highest BCUT2D eigenvalue weighted by atomic mass is 16.2. The van der Waals surface area contributed by atoms with E-state index in [1.165, 1.54) is 0 Å². The molecule has 0 aliphatic rings. The van der Waals surface area contributed by atoms with Crippen LogP contribution in [0.1, 0.15) is 43.1 Å².